The lowest BCUT2D eigenvalue weighted by atomic mass is 10.0. The highest BCUT2D eigenvalue weighted by molar-refractivity contribution is 6.07. The van der Waals surface area contributed by atoms with Crippen molar-refractivity contribution in [2.45, 2.75) is 25.8 Å². The summed E-state index contributed by atoms with van der Waals surface area (Å²) in [6.07, 6.45) is 5.22. The first kappa shape index (κ1) is 17.9. The zero-order valence-electron chi connectivity index (χ0n) is 14.8. The van der Waals surface area contributed by atoms with Gasteiger partial charge in [-0.3, -0.25) is 14.6 Å². The quantitative estimate of drug-likeness (QED) is 0.710. The maximum Gasteiger partial charge on any atom is 0.235 e. The maximum atomic E-state index is 12.5. The standard InChI is InChI=1S/C20H23N3O3/c1-26-17-7-3-2-6-16(17)8-12-22-18(24)20(9-10-20)19(25)23-14-15-5-4-11-21-13-15/h2-7,11,13H,8-10,12,14H2,1H3,(H,22,24)(H,23,25). The molecule has 3 rings (SSSR count). The van der Waals surface area contributed by atoms with Gasteiger partial charge in [0.05, 0.1) is 7.11 Å². The Kier molecular flexibility index (Phi) is 5.51. The Bertz CT molecular complexity index is 773. The Morgan fingerprint density at radius 2 is 1.88 bits per heavy atom. The van der Waals surface area contributed by atoms with E-state index < -0.39 is 5.41 Å². The fourth-order valence-electron chi connectivity index (χ4n) is 2.93. The van der Waals surface area contributed by atoms with E-state index in [4.69, 9.17) is 4.74 Å². The molecule has 6 nitrogen and oxygen atoms in total. The highest BCUT2D eigenvalue weighted by Gasteiger charge is 2.56. The van der Waals surface area contributed by atoms with Crippen LogP contribution in [0.15, 0.2) is 48.8 Å². The molecule has 1 saturated carbocycles. The van der Waals surface area contributed by atoms with Crippen molar-refractivity contribution in [3.8, 4) is 5.75 Å². The van der Waals surface area contributed by atoms with E-state index in [1.807, 2.05) is 36.4 Å². The average Bonchev–Trinajstić information content (AvgIpc) is 3.49. The van der Waals surface area contributed by atoms with Gasteiger partial charge in [0.2, 0.25) is 11.8 Å². The zero-order valence-corrected chi connectivity index (χ0v) is 14.8. The van der Waals surface area contributed by atoms with Crippen LogP contribution in [-0.2, 0) is 22.6 Å². The number of ether oxygens (including phenoxy) is 1. The van der Waals surface area contributed by atoms with Crippen LogP contribution >= 0.6 is 0 Å². The van der Waals surface area contributed by atoms with Gasteiger partial charge in [-0.15, -0.1) is 0 Å². The Morgan fingerprint density at radius 1 is 1.12 bits per heavy atom. The summed E-state index contributed by atoms with van der Waals surface area (Å²) in [5.74, 6) is 0.393. The second kappa shape index (κ2) is 7.99. The molecule has 0 atom stereocenters. The molecular weight excluding hydrogens is 330 g/mol. The molecule has 0 spiro atoms. The second-order valence-corrected chi connectivity index (χ2v) is 6.44. The molecule has 26 heavy (non-hydrogen) atoms. The molecule has 136 valence electrons. The predicted molar refractivity (Wildman–Crippen MR) is 97.5 cm³/mol. The number of nitrogens with zero attached hydrogens (tertiary/aromatic N) is 1. The molecule has 2 N–H and O–H groups in total. The van der Waals surface area contributed by atoms with Gasteiger partial charge in [-0.1, -0.05) is 24.3 Å². The van der Waals surface area contributed by atoms with E-state index in [1.54, 1.807) is 19.5 Å². The maximum absolute atomic E-state index is 12.5. The number of nitrogens with one attached hydrogen (secondary N) is 2. The van der Waals surface area contributed by atoms with E-state index in [9.17, 15) is 9.59 Å². The van der Waals surface area contributed by atoms with Gasteiger partial charge < -0.3 is 15.4 Å². The van der Waals surface area contributed by atoms with E-state index in [-0.39, 0.29) is 11.8 Å². The number of carbonyl (C=O) groups excluding carboxylic acids is 2. The number of methoxy groups -OCH3 is 1. The van der Waals surface area contributed by atoms with Crippen molar-refractivity contribution < 1.29 is 14.3 Å². The zero-order chi connectivity index (χ0) is 18.4. The molecule has 1 aromatic carbocycles. The summed E-state index contributed by atoms with van der Waals surface area (Å²) in [5, 5.41) is 5.75. The first-order valence-corrected chi connectivity index (χ1v) is 8.73. The molecule has 0 bridgehead atoms. The number of carbonyl (C=O) groups is 2. The lowest BCUT2D eigenvalue weighted by molar-refractivity contribution is -0.137. The lowest BCUT2D eigenvalue weighted by Gasteiger charge is -2.16. The monoisotopic (exact) mass is 353 g/mol. The van der Waals surface area contributed by atoms with Gasteiger partial charge in [0.1, 0.15) is 11.2 Å². The molecule has 1 aromatic heterocycles. The van der Waals surface area contributed by atoms with Crippen LogP contribution in [0.3, 0.4) is 0 Å². The summed E-state index contributed by atoms with van der Waals surface area (Å²) < 4.78 is 5.31. The van der Waals surface area contributed by atoms with Gasteiger partial charge in [-0.2, -0.15) is 0 Å². The first-order chi connectivity index (χ1) is 12.7. The van der Waals surface area contributed by atoms with Crippen LogP contribution < -0.4 is 15.4 Å². The summed E-state index contributed by atoms with van der Waals surface area (Å²) in [5.41, 5.74) is 1.03. The van der Waals surface area contributed by atoms with Crippen LogP contribution in [0.25, 0.3) is 0 Å². The number of amides is 2. The number of benzene rings is 1. The third-order valence-electron chi connectivity index (χ3n) is 4.67. The smallest absolute Gasteiger partial charge is 0.235 e. The SMILES string of the molecule is COc1ccccc1CCNC(=O)C1(C(=O)NCc2cccnc2)CC1. The normalized spacial score (nSPS) is 14.3. The van der Waals surface area contributed by atoms with Gasteiger partial charge in [0.25, 0.3) is 0 Å². The van der Waals surface area contributed by atoms with Gasteiger partial charge in [-0.25, -0.2) is 0 Å². The minimum Gasteiger partial charge on any atom is -0.496 e. The number of pyridine rings is 1. The molecule has 6 heteroatoms. The Hall–Kier alpha value is -2.89. The van der Waals surface area contributed by atoms with Crippen molar-refractivity contribution in [2.75, 3.05) is 13.7 Å². The number of hydrogen-bond acceptors (Lipinski definition) is 4. The van der Waals surface area contributed by atoms with Gasteiger partial charge >= 0.3 is 0 Å². The lowest BCUT2D eigenvalue weighted by Crippen LogP contribution is -2.43. The summed E-state index contributed by atoms with van der Waals surface area (Å²) in [7, 11) is 1.63. The molecule has 0 aliphatic heterocycles. The highest BCUT2D eigenvalue weighted by atomic mass is 16.5. The second-order valence-electron chi connectivity index (χ2n) is 6.44. The van der Waals surface area contributed by atoms with Crippen LogP contribution in [-0.4, -0.2) is 30.5 Å². The molecule has 1 aliphatic rings. The number of rotatable bonds is 8. The predicted octanol–water partition coefficient (Wildman–Crippen LogP) is 1.85. The molecular formula is C20H23N3O3. The van der Waals surface area contributed by atoms with E-state index in [1.165, 1.54) is 0 Å². The largest absolute Gasteiger partial charge is 0.496 e. The molecule has 2 aromatic rings. The topological polar surface area (TPSA) is 80.3 Å². The molecule has 1 heterocycles. The Morgan fingerprint density at radius 3 is 2.58 bits per heavy atom. The molecule has 0 unspecified atom stereocenters. The van der Waals surface area contributed by atoms with E-state index in [0.717, 1.165) is 16.9 Å². The van der Waals surface area contributed by atoms with Crippen molar-refractivity contribution in [1.29, 1.82) is 0 Å². The number of aromatic nitrogens is 1. The fraction of sp³-hybridized carbons (Fsp3) is 0.350. The Labute approximate surface area is 153 Å². The summed E-state index contributed by atoms with van der Waals surface area (Å²) in [4.78, 5) is 29.0. The number of para-hydroxylation sites is 1. The highest BCUT2D eigenvalue weighted by Crippen LogP contribution is 2.46. The Balaban J connectivity index is 1.50. The molecule has 2 amide bonds. The van der Waals surface area contributed by atoms with Crippen LogP contribution in [0.2, 0.25) is 0 Å². The van der Waals surface area contributed by atoms with E-state index >= 15 is 0 Å². The van der Waals surface area contributed by atoms with Gasteiger partial charge in [0, 0.05) is 25.5 Å². The van der Waals surface area contributed by atoms with Crippen LogP contribution in [0.4, 0.5) is 0 Å². The van der Waals surface area contributed by atoms with Crippen molar-refractivity contribution in [1.82, 2.24) is 15.6 Å². The molecule has 0 radical (unpaired) electrons. The summed E-state index contributed by atoms with van der Waals surface area (Å²) >= 11 is 0. The molecule has 1 aliphatic carbocycles. The van der Waals surface area contributed by atoms with Crippen LogP contribution in [0.5, 0.6) is 5.75 Å². The first-order valence-electron chi connectivity index (χ1n) is 8.73. The van der Waals surface area contributed by atoms with E-state index in [2.05, 4.69) is 15.6 Å². The third kappa shape index (κ3) is 4.02. The third-order valence-corrected chi connectivity index (χ3v) is 4.67. The van der Waals surface area contributed by atoms with Crippen molar-refractivity contribution in [3.05, 3.63) is 59.9 Å². The fourth-order valence-corrected chi connectivity index (χ4v) is 2.93. The van der Waals surface area contributed by atoms with Crippen molar-refractivity contribution >= 4 is 11.8 Å². The summed E-state index contributed by atoms with van der Waals surface area (Å²) in [6.45, 7) is 0.847. The van der Waals surface area contributed by atoms with Gasteiger partial charge in [-0.05, 0) is 42.5 Å². The average molecular weight is 353 g/mol. The van der Waals surface area contributed by atoms with E-state index in [0.29, 0.717) is 32.4 Å². The van der Waals surface area contributed by atoms with Crippen molar-refractivity contribution in [2.24, 2.45) is 5.41 Å². The number of hydrogen-bond donors (Lipinski definition) is 2. The molecule has 1 fully saturated rings. The minimum atomic E-state index is -0.914. The van der Waals surface area contributed by atoms with Crippen molar-refractivity contribution in [3.63, 3.8) is 0 Å². The van der Waals surface area contributed by atoms with Crippen LogP contribution in [0, 0.1) is 5.41 Å². The van der Waals surface area contributed by atoms with Gasteiger partial charge in [0.15, 0.2) is 0 Å². The van der Waals surface area contributed by atoms with Crippen LogP contribution in [0.1, 0.15) is 24.0 Å². The molecule has 0 saturated heterocycles. The minimum absolute atomic E-state index is 0.198. The summed E-state index contributed by atoms with van der Waals surface area (Å²) in [6, 6.07) is 11.4.